The Labute approximate surface area is 157 Å². The highest BCUT2D eigenvalue weighted by Gasteiger charge is 2.31. The van der Waals surface area contributed by atoms with Gasteiger partial charge in [0, 0.05) is 30.7 Å². The van der Waals surface area contributed by atoms with E-state index in [1.165, 1.54) is 62.9 Å². The number of piperidine rings is 2. The molecule has 4 rings (SSSR count). The summed E-state index contributed by atoms with van der Waals surface area (Å²) < 4.78 is 0. The second-order valence-electron chi connectivity index (χ2n) is 8.75. The molecule has 2 fully saturated rings. The summed E-state index contributed by atoms with van der Waals surface area (Å²) >= 11 is 0. The zero-order valence-corrected chi connectivity index (χ0v) is 16.3. The van der Waals surface area contributed by atoms with Gasteiger partial charge in [0.25, 0.3) is 0 Å². The predicted molar refractivity (Wildman–Crippen MR) is 103 cm³/mol. The van der Waals surface area contributed by atoms with E-state index in [4.69, 9.17) is 0 Å². The van der Waals surface area contributed by atoms with E-state index in [1.54, 1.807) is 0 Å². The Balaban J connectivity index is 1.21. The minimum Gasteiger partial charge on any atom is -0.342 e. The highest BCUT2D eigenvalue weighted by molar-refractivity contribution is 5.79. The third kappa shape index (κ3) is 3.98. The van der Waals surface area contributed by atoms with Crippen LogP contribution in [0.4, 0.5) is 0 Å². The Morgan fingerprint density at radius 1 is 1.19 bits per heavy atom. The highest BCUT2D eigenvalue weighted by Crippen LogP contribution is 2.28. The number of fused-ring (bicyclic) bond motifs is 1. The van der Waals surface area contributed by atoms with Crippen molar-refractivity contribution < 1.29 is 4.79 Å². The Kier molecular flexibility index (Phi) is 5.63. The van der Waals surface area contributed by atoms with Crippen LogP contribution in [0.25, 0.3) is 0 Å². The molecule has 26 heavy (non-hydrogen) atoms. The smallest absolute Gasteiger partial charge is 0.226 e. The monoisotopic (exact) mass is 358 g/mol. The molecule has 144 valence electrons. The van der Waals surface area contributed by atoms with Crippen molar-refractivity contribution in [3.8, 4) is 0 Å². The van der Waals surface area contributed by atoms with Crippen molar-refractivity contribution in [1.29, 1.82) is 0 Å². The van der Waals surface area contributed by atoms with Gasteiger partial charge in [-0.05, 0) is 82.9 Å². The number of nitrogens with zero attached hydrogens (tertiary/aromatic N) is 3. The van der Waals surface area contributed by atoms with E-state index in [0.717, 1.165) is 44.3 Å². The molecule has 1 amide bonds. The van der Waals surface area contributed by atoms with E-state index >= 15 is 0 Å². The van der Waals surface area contributed by atoms with Crippen LogP contribution in [0.5, 0.6) is 0 Å². The number of hydrogen-bond acceptors (Lipinski definition) is 3. The Morgan fingerprint density at radius 3 is 2.85 bits per heavy atom. The van der Waals surface area contributed by atoms with Gasteiger partial charge in [-0.25, -0.2) is 0 Å². The van der Waals surface area contributed by atoms with Gasteiger partial charge in [-0.2, -0.15) is 5.10 Å². The lowest BCUT2D eigenvalue weighted by Gasteiger charge is -2.37. The summed E-state index contributed by atoms with van der Waals surface area (Å²) in [5.74, 6) is 1.37. The number of carbonyl (C=O) groups excluding carboxylic acids is 1. The van der Waals surface area contributed by atoms with Gasteiger partial charge in [-0.1, -0.05) is 6.42 Å². The van der Waals surface area contributed by atoms with Crippen LogP contribution in [0.15, 0.2) is 6.20 Å². The molecule has 0 bridgehead atoms. The first-order valence-corrected chi connectivity index (χ1v) is 10.7. The van der Waals surface area contributed by atoms with Crippen molar-refractivity contribution in [1.82, 2.24) is 20.0 Å². The SMILES string of the molecule is CC1CCCCN1CCC1CCN(C(=O)C2CCc3[nH]ncc3C2)CC1. The number of hydrogen-bond donors (Lipinski definition) is 1. The third-order valence-electron chi connectivity index (χ3n) is 7.06. The summed E-state index contributed by atoms with van der Waals surface area (Å²) in [7, 11) is 0. The van der Waals surface area contributed by atoms with Gasteiger partial charge in [-0.3, -0.25) is 9.89 Å². The third-order valence-corrected chi connectivity index (χ3v) is 7.06. The van der Waals surface area contributed by atoms with E-state index in [-0.39, 0.29) is 5.92 Å². The van der Waals surface area contributed by atoms with Crippen molar-refractivity contribution in [2.24, 2.45) is 11.8 Å². The molecular formula is C21H34N4O. The van der Waals surface area contributed by atoms with Crippen LogP contribution in [0, 0.1) is 11.8 Å². The fourth-order valence-electron chi connectivity index (χ4n) is 5.17. The average molecular weight is 359 g/mol. The minimum absolute atomic E-state index is 0.172. The van der Waals surface area contributed by atoms with E-state index in [2.05, 4.69) is 26.9 Å². The average Bonchev–Trinajstić information content (AvgIpc) is 3.15. The van der Waals surface area contributed by atoms with Crippen LogP contribution in [0.3, 0.4) is 0 Å². The van der Waals surface area contributed by atoms with Gasteiger partial charge in [-0.15, -0.1) is 0 Å². The molecule has 5 nitrogen and oxygen atoms in total. The van der Waals surface area contributed by atoms with Gasteiger partial charge >= 0.3 is 0 Å². The van der Waals surface area contributed by atoms with Crippen LogP contribution in [0.1, 0.15) is 63.1 Å². The molecular weight excluding hydrogens is 324 g/mol. The maximum absolute atomic E-state index is 12.9. The van der Waals surface area contributed by atoms with Crippen LogP contribution in [-0.2, 0) is 17.6 Å². The lowest BCUT2D eigenvalue weighted by Crippen LogP contribution is -2.44. The van der Waals surface area contributed by atoms with Crippen molar-refractivity contribution in [2.75, 3.05) is 26.2 Å². The number of aryl methyl sites for hydroxylation is 1. The standard InChI is InChI=1S/C21H34N4O/c1-16-4-2-3-10-24(16)11-7-17-8-12-25(13-9-17)21(26)18-5-6-20-19(14-18)15-22-23-20/h15-18H,2-14H2,1H3,(H,22,23). The molecule has 2 aliphatic heterocycles. The van der Waals surface area contributed by atoms with E-state index in [0.29, 0.717) is 5.91 Å². The fourth-order valence-corrected chi connectivity index (χ4v) is 5.17. The number of aromatic nitrogens is 2. The molecule has 1 aromatic heterocycles. The molecule has 1 N–H and O–H groups in total. The largest absolute Gasteiger partial charge is 0.342 e. The molecule has 1 aliphatic carbocycles. The van der Waals surface area contributed by atoms with Gasteiger partial charge < -0.3 is 9.80 Å². The number of nitrogens with one attached hydrogen (secondary N) is 1. The number of amides is 1. The molecule has 0 spiro atoms. The molecule has 2 unspecified atom stereocenters. The molecule has 2 saturated heterocycles. The van der Waals surface area contributed by atoms with E-state index < -0.39 is 0 Å². The van der Waals surface area contributed by atoms with Crippen LogP contribution in [-0.4, -0.2) is 58.1 Å². The molecule has 3 aliphatic rings. The molecule has 0 saturated carbocycles. The van der Waals surface area contributed by atoms with Gasteiger partial charge in [0.1, 0.15) is 0 Å². The zero-order chi connectivity index (χ0) is 17.9. The van der Waals surface area contributed by atoms with Gasteiger partial charge in [0.2, 0.25) is 5.91 Å². The summed E-state index contributed by atoms with van der Waals surface area (Å²) in [5, 5.41) is 7.20. The highest BCUT2D eigenvalue weighted by atomic mass is 16.2. The quantitative estimate of drug-likeness (QED) is 0.900. The first kappa shape index (κ1) is 18.0. The summed E-state index contributed by atoms with van der Waals surface area (Å²) in [6.45, 7) is 6.86. The lowest BCUT2D eigenvalue weighted by molar-refractivity contribution is -0.137. The molecule has 1 aromatic rings. The number of aromatic amines is 1. The van der Waals surface area contributed by atoms with Crippen molar-refractivity contribution >= 4 is 5.91 Å². The molecule has 5 heteroatoms. The number of likely N-dealkylation sites (tertiary alicyclic amines) is 2. The number of H-pyrrole nitrogens is 1. The summed E-state index contributed by atoms with van der Waals surface area (Å²) in [4.78, 5) is 17.8. The van der Waals surface area contributed by atoms with Crippen LogP contribution in [0.2, 0.25) is 0 Å². The maximum Gasteiger partial charge on any atom is 0.226 e. The Hall–Kier alpha value is -1.36. The fraction of sp³-hybridized carbons (Fsp3) is 0.810. The molecule has 0 aromatic carbocycles. The maximum atomic E-state index is 12.9. The number of rotatable bonds is 4. The zero-order valence-electron chi connectivity index (χ0n) is 16.3. The van der Waals surface area contributed by atoms with Crippen LogP contribution < -0.4 is 0 Å². The Morgan fingerprint density at radius 2 is 2.04 bits per heavy atom. The summed E-state index contributed by atoms with van der Waals surface area (Å²) in [5.41, 5.74) is 2.49. The molecule has 0 radical (unpaired) electrons. The van der Waals surface area contributed by atoms with Gasteiger partial charge in [0.15, 0.2) is 0 Å². The van der Waals surface area contributed by atoms with E-state index in [9.17, 15) is 4.79 Å². The normalized spacial score (nSPS) is 28.1. The van der Waals surface area contributed by atoms with Crippen molar-refractivity contribution in [3.63, 3.8) is 0 Å². The van der Waals surface area contributed by atoms with Crippen LogP contribution >= 0.6 is 0 Å². The van der Waals surface area contributed by atoms with Gasteiger partial charge in [0.05, 0.1) is 6.20 Å². The topological polar surface area (TPSA) is 52.2 Å². The van der Waals surface area contributed by atoms with E-state index in [1.807, 2.05) is 6.20 Å². The van der Waals surface area contributed by atoms with Crippen molar-refractivity contribution in [2.45, 2.75) is 70.8 Å². The predicted octanol–water partition coefficient (Wildman–Crippen LogP) is 3.02. The summed E-state index contributed by atoms with van der Waals surface area (Å²) in [6, 6.07) is 0.768. The summed E-state index contributed by atoms with van der Waals surface area (Å²) in [6.07, 6.45) is 12.6. The lowest BCUT2D eigenvalue weighted by atomic mass is 9.85. The second kappa shape index (κ2) is 8.12. The first-order valence-electron chi connectivity index (χ1n) is 10.7. The Bertz CT molecular complexity index is 605. The first-order chi connectivity index (χ1) is 12.7. The molecule has 3 heterocycles. The molecule has 2 atom stereocenters. The van der Waals surface area contributed by atoms with Crippen molar-refractivity contribution in [3.05, 3.63) is 17.5 Å². The number of carbonyl (C=O) groups is 1. The second-order valence-corrected chi connectivity index (χ2v) is 8.75. The minimum atomic E-state index is 0.172.